The van der Waals surface area contributed by atoms with Crippen molar-refractivity contribution >= 4 is 45.7 Å². The summed E-state index contributed by atoms with van der Waals surface area (Å²) in [5.41, 5.74) is -1.92. The Kier molecular flexibility index (Phi) is 5.92. The van der Waals surface area contributed by atoms with Crippen LogP contribution in [-0.4, -0.2) is 64.8 Å². The lowest BCUT2D eigenvalue weighted by molar-refractivity contribution is -0.130. The normalized spacial score (nSPS) is 23.8. The number of hydrogen-bond donors (Lipinski definition) is 1. The van der Waals surface area contributed by atoms with Crippen LogP contribution >= 0.6 is 11.6 Å². The molecule has 208 valence electrons. The van der Waals surface area contributed by atoms with E-state index in [0.717, 1.165) is 21.6 Å². The van der Waals surface area contributed by atoms with E-state index in [1.165, 1.54) is 30.1 Å². The third kappa shape index (κ3) is 3.56. The average molecular weight is 573 g/mol. The molecular formula is C28H24ClF3N4O4. The molecule has 4 atom stereocenters. The van der Waals surface area contributed by atoms with Crippen molar-refractivity contribution in [2.75, 3.05) is 29.9 Å². The molecule has 2 fully saturated rings. The van der Waals surface area contributed by atoms with Crippen LogP contribution < -0.4 is 15.4 Å². The van der Waals surface area contributed by atoms with Crippen LogP contribution in [0.25, 0.3) is 22.0 Å². The highest BCUT2D eigenvalue weighted by molar-refractivity contribution is 6.35. The van der Waals surface area contributed by atoms with Crippen LogP contribution in [-0.2, 0) is 9.59 Å². The molecule has 2 amide bonds. The summed E-state index contributed by atoms with van der Waals surface area (Å²) >= 11 is 6.56. The number of carbonyl (C=O) groups is 2. The van der Waals surface area contributed by atoms with Crippen molar-refractivity contribution in [3.63, 3.8) is 0 Å². The van der Waals surface area contributed by atoms with Crippen LogP contribution in [0.5, 0.6) is 5.75 Å². The van der Waals surface area contributed by atoms with Crippen LogP contribution in [0.15, 0.2) is 41.7 Å². The zero-order valence-electron chi connectivity index (χ0n) is 21.5. The van der Waals surface area contributed by atoms with Crippen molar-refractivity contribution in [1.29, 1.82) is 0 Å². The van der Waals surface area contributed by atoms with E-state index in [1.54, 1.807) is 11.8 Å². The number of nitrogens with zero attached hydrogens (tertiary/aromatic N) is 4. The van der Waals surface area contributed by atoms with Crippen LogP contribution in [0.4, 0.5) is 24.5 Å². The van der Waals surface area contributed by atoms with E-state index in [-0.39, 0.29) is 52.7 Å². The van der Waals surface area contributed by atoms with Gasteiger partial charge in [0.1, 0.15) is 29.5 Å². The first-order valence-corrected chi connectivity index (χ1v) is 13.0. The first-order valence-electron chi connectivity index (χ1n) is 12.7. The van der Waals surface area contributed by atoms with Crippen LogP contribution in [0.3, 0.4) is 0 Å². The maximum absolute atomic E-state index is 16.6. The second-order valence-electron chi connectivity index (χ2n) is 10.4. The molecule has 1 saturated carbocycles. The number of aromatic nitrogens is 1. The van der Waals surface area contributed by atoms with Crippen molar-refractivity contribution < 1.29 is 27.9 Å². The van der Waals surface area contributed by atoms with Gasteiger partial charge in [0.2, 0.25) is 5.91 Å². The number of hydrogen-bond acceptors (Lipinski definition) is 5. The van der Waals surface area contributed by atoms with Gasteiger partial charge >= 0.3 is 0 Å². The summed E-state index contributed by atoms with van der Waals surface area (Å²) in [6.07, 6.45) is -0.316. The van der Waals surface area contributed by atoms with Gasteiger partial charge < -0.3 is 19.8 Å². The van der Waals surface area contributed by atoms with E-state index in [2.05, 4.69) is 6.58 Å². The summed E-state index contributed by atoms with van der Waals surface area (Å²) in [6, 6.07) is 2.49. The molecule has 12 heteroatoms. The number of phenolic OH excluding ortho intramolecular Hbond substituents is 1. The third-order valence-electron chi connectivity index (χ3n) is 8.02. The number of likely N-dealkylation sites (N-methyl/N-ethyl adjacent to an activating group) is 1. The topological polar surface area (TPSA) is 86.1 Å². The number of anilines is 2. The number of halogens is 4. The first kappa shape index (κ1) is 26.2. The number of carbonyl (C=O) groups excluding carboxylic acids is 2. The number of pyridine rings is 1. The molecule has 8 nitrogen and oxygen atoms in total. The number of aromatic hydroxyl groups is 1. The molecule has 1 aromatic heterocycles. The van der Waals surface area contributed by atoms with Crippen molar-refractivity contribution in [3.05, 3.63) is 63.9 Å². The minimum Gasteiger partial charge on any atom is -0.507 e. The van der Waals surface area contributed by atoms with Gasteiger partial charge in [0.15, 0.2) is 5.82 Å². The van der Waals surface area contributed by atoms with Gasteiger partial charge in [0, 0.05) is 37.0 Å². The Labute approximate surface area is 231 Å². The maximum atomic E-state index is 16.6. The van der Waals surface area contributed by atoms with Gasteiger partial charge in [0.25, 0.3) is 11.5 Å². The van der Waals surface area contributed by atoms with E-state index < -0.39 is 64.3 Å². The molecule has 1 saturated heterocycles. The molecule has 0 unspecified atom stereocenters. The van der Waals surface area contributed by atoms with Crippen LogP contribution in [0.2, 0.25) is 5.02 Å². The Morgan fingerprint density at radius 1 is 1.18 bits per heavy atom. The maximum Gasteiger partial charge on any atom is 0.277 e. The summed E-state index contributed by atoms with van der Waals surface area (Å²) in [5, 5.41) is 10.3. The number of amides is 2. The molecule has 1 N–H and O–H groups in total. The fourth-order valence-electron chi connectivity index (χ4n) is 5.98. The number of piperazine rings is 1. The monoisotopic (exact) mass is 572 g/mol. The predicted octanol–water partition coefficient (Wildman–Crippen LogP) is 4.16. The molecule has 3 aliphatic rings. The molecule has 6 rings (SSSR count). The highest BCUT2D eigenvalue weighted by Gasteiger charge is 2.48. The van der Waals surface area contributed by atoms with Gasteiger partial charge in [-0.05, 0) is 31.2 Å². The molecule has 0 bridgehead atoms. The Morgan fingerprint density at radius 2 is 1.88 bits per heavy atom. The third-order valence-corrected chi connectivity index (χ3v) is 8.32. The average Bonchev–Trinajstić information content (AvgIpc) is 3.63. The largest absolute Gasteiger partial charge is 0.507 e. The number of rotatable bonds is 3. The Hall–Kier alpha value is -3.99. The second-order valence-corrected chi connectivity index (χ2v) is 10.8. The van der Waals surface area contributed by atoms with Crippen molar-refractivity contribution in [1.82, 2.24) is 9.47 Å². The van der Waals surface area contributed by atoms with Gasteiger partial charge in [-0.3, -0.25) is 19.0 Å². The highest BCUT2D eigenvalue weighted by Crippen LogP contribution is 2.49. The Morgan fingerprint density at radius 3 is 2.50 bits per heavy atom. The molecule has 40 heavy (non-hydrogen) atoms. The number of fused-ring (bicyclic) bond motifs is 5. The molecule has 2 aliphatic heterocycles. The smallest absolute Gasteiger partial charge is 0.277 e. The summed E-state index contributed by atoms with van der Waals surface area (Å²) < 4.78 is 46.9. The minimum absolute atomic E-state index is 0.00815. The Bertz CT molecular complexity index is 1690. The predicted molar refractivity (Wildman–Crippen MR) is 145 cm³/mol. The van der Waals surface area contributed by atoms with E-state index in [1.807, 2.05) is 0 Å². The number of phenols is 1. The SMILES string of the molecule is C=CC(=O)N1C[C@@H]2C(=O)N(C)c3c(c4cc(Cl)c(-c5c(O)cccc5F)c(F)c4n([C@@H]4C[C@@H]4F)c3=O)N2C[C@H]1C. The molecule has 0 spiro atoms. The summed E-state index contributed by atoms with van der Waals surface area (Å²) in [7, 11) is 1.40. The zero-order chi connectivity index (χ0) is 28.8. The fourth-order valence-corrected chi connectivity index (χ4v) is 6.27. The standard InChI is InChI=1S/C28H24ClF3N4O4/c1-4-20(38)34-11-18-27(39)33(3)26-25(35(18)10-12(34)2)13-8-14(29)21(22-15(30)6-5-7-19(22)37)23(32)24(13)36(28(26)40)17-9-16(17)31/h4-8,12,16-18,37H,1,9-11H2,2-3H3/t12-,16+,17-,18-/m1/s1. The number of benzene rings is 2. The van der Waals surface area contributed by atoms with Crippen molar-refractivity contribution in [3.8, 4) is 16.9 Å². The lowest BCUT2D eigenvalue weighted by Crippen LogP contribution is -2.66. The quantitative estimate of drug-likeness (QED) is 0.477. The second kappa shape index (κ2) is 9.02. The number of alkyl halides is 1. The summed E-state index contributed by atoms with van der Waals surface area (Å²) in [5.74, 6) is -3.43. The van der Waals surface area contributed by atoms with Crippen molar-refractivity contribution in [2.24, 2.45) is 0 Å². The zero-order valence-corrected chi connectivity index (χ0v) is 22.3. The first-order chi connectivity index (χ1) is 19.0. The fraction of sp³-hybridized carbons (Fsp3) is 0.321. The Balaban J connectivity index is 1.69. The van der Waals surface area contributed by atoms with Gasteiger partial charge in [-0.25, -0.2) is 13.2 Å². The van der Waals surface area contributed by atoms with Gasteiger partial charge in [-0.1, -0.05) is 24.2 Å². The minimum atomic E-state index is -1.43. The molecule has 2 aromatic carbocycles. The molecule has 1 aliphatic carbocycles. The van der Waals surface area contributed by atoms with Crippen LogP contribution in [0.1, 0.15) is 19.4 Å². The lowest BCUT2D eigenvalue weighted by atomic mass is 9.95. The molecular weight excluding hydrogens is 549 g/mol. The molecule has 3 aromatic rings. The van der Waals surface area contributed by atoms with Crippen LogP contribution in [0, 0.1) is 11.6 Å². The highest BCUT2D eigenvalue weighted by atomic mass is 35.5. The van der Waals surface area contributed by atoms with E-state index >= 15 is 4.39 Å². The molecule has 0 radical (unpaired) electrons. The van der Waals surface area contributed by atoms with Crippen molar-refractivity contribution in [2.45, 2.75) is 37.6 Å². The lowest BCUT2D eigenvalue weighted by Gasteiger charge is -2.50. The van der Waals surface area contributed by atoms with Gasteiger partial charge in [-0.15, -0.1) is 0 Å². The summed E-state index contributed by atoms with van der Waals surface area (Å²) in [4.78, 5) is 44.3. The van der Waals surface area contributed by atoms with Gasteiger partial charge in [0.05, 0.1) is 34.4 Å². The van der Waals surface area contributed by atoms with Gasteiger partial charge in [-0.2, -0.15) is 0 Å². The van der Waals surface area contributed by atoms with E-state index in [0.29, 0.717) is 0 Å². The molecule has 3 heterocycles. The summed E-state index contributed by atoms with van der Waals surface area (Å²) in [6.45, 7) is 5.41. The van der Waals surface area contributed by atoms with E-state index in [4.69, 9.17) is 11.6 Å². The van der Waals surface area contributed by atoms with E-state index in [9.17, 15) is 28.3 Å².